The molecule has 0 spiro atoms. The highest BCUT2D eigenvalue weighted by Gasteiger charge is 2.94. The molecule has 0 fully saturated rings. The zero-order chi connectivity index (χ0) is 25.5. The molecule has 0 saturated heterocycles. The van der Waals surface area contributed by atoms with Crippen LogP contribution in [0.3, 0.4) is 0 Å². The quantitative estimate of drug-likeness (QED) is 0.289. The molecule has 0 aromatic heterocycles. The monoisotopic (exact) mass is 501 g/mol. The second-order valence-corrected chi connectivity index (χ2v) is 5.98. The van der Waals surface area contributed by atoms with Gasteiger partial charge in [-0.1, -0.05) is 13.3 Å². The summed E-state index contributed by atoms with van der Waals surface area (Å²) in [6, 6.07) is 0. The van der Waals surface area contributed by atoms with Gasteiger partial charge in [-0.15, -0.1) is 0 Å². The van der Waals surface area contributed by atoms with E-state index in [0.717, 1.165) is 5.32 Å². The summed E-state index contributed by atoms with van der Waals surface area (Å²) >= 11 is 0. The van der Waals surface area contributed by atoms with Crippen molar-refractivity contribution in [1.29, 1.82) is 0 Å². The first-order valence-electron chi connectivity index (χ1n) is 7.64. The third kappa shape index (κ3) is 4.09. The Kier molecular flexibility index (Phi) is 7.92. The molecule has 186 valence electrons. The molecule has 1 amide bonds. The summed E-state index contributed by atoms with van der Waals surface area (Å²) in [6.07, 6.45) is -6.08. The molecule has 0 aromatic carbocycles. The van der Waals surface area contributed by atoms with E-state index < -0.39 is 60.3 Å². The molecule has 0 aliphatic rings. The maximum atomic E-state index is 13.5. The van der Waals surface area contributed by atoms with E-state index in [1.54, 1.807) is 0 Å². The fraction of sp³-hybridized carbons (Fsp3) is 0.923. The Bertz CT molecular complexity index is 643. The first kappa shape index (κ1) is 29.3. The van der Waals surface area contributed by atoms with Crippen LogP contribution in [-0.2, 0) is 4.79 Å². The van der Waals surface area contributed by atoms with Crippen LogP contribution in [-0.4, -0.2) is 60.3 Å². The standard InChI is InChI=1S/C13H11F16NO/c1-2-3-4-30-6(31)8(18,19)10(22,23)12(26,27)13(28,29)11(24,25)9(20,21)7(16,17)5(14)15/h5H,2-4H2,1H3,(H,30,31). The molecule has 0 heterocycles. The number of halogens is 16. The summed E-state index contributed by atoms with van der Waals surface area (Å²) in [5.74, 6) is -59.2. The lowest BCUT2D eigenvalue weighted by molar-refractivity contribution is -0.443. The van der Waals surface area contributed by atoms with Gasteiger partial charge in [0.2, 0.25) is 0 Å². The van der Waals surface area contributed by atoms with E-state index in [0.29, 0.717) is 0 Å². The van der Waals surface area contributed by atoms with Crippen molar-refractivity contribution in [3.05, 3.63) is 0 Å². The van der Waals surface area contributed by atoms with Gasteiger partial charge in [-0.3, -0.25) is 4.79 Å². The fourth-order valence-electron chi connectivity index (χ4n) is 1.77. The molecule has 2 nitrogen and oxygen atoms in total. The second kappa shape index (κ2) is 8.37. The summed E-state index contributed by atoms with van der Waals surface area (Å²) in [5, 5.41) is 0.860. The van der Waals surface area contributed by atoms with Crippen LogP contribution in [0, 0.1) is 0 Å². The van der Waals surface area contributed by atoms with Crippen molar-refractivity contribution in [2.75, 3.05) is 6.54 Å². The Balaban J connectivity index is 6.46. The Morgan fingerprint density at radius 3 is 1.39 bits per heavy atom. The van der Waals surface area contributed by atoms with Crippen LogP contribution in [0.2, 0.25) is 0 Å². The van der Waals surface area contributed by atoms with Crippen LogP contribution >= 0.6 is 0 Å². The molecule has 0 bridgehead atoms. The highest BCUT2D eigenvalue weighted by molar-refractivity contribution is 5.84. The molecular weight excluding hydrogens is 490 g/mol. The average molecular weight is 501 g/mol. The molecule has 0 unspecified atom stereocenters. The number of carbonyl (C=O) groups excluding carboxylic acids is 1. The SMILES string of the molecule is CCCCNC(=O)C(F)(F)C(F)(F)C(F)(F)C(F)(F)C(F)(F)C(F)(F)C(F)(F)C(F)F. The fourth-order valence-corrected chi connectivity index (χ4v) is 1.77. The predicted molar refractivity (Wildman–Crippen MR) is 68.6 cm³/mol. The van der Waals surface area contributed by atoms with Crippen molar-refractivity contribution in [2.24, 2.45) is 0 Å². The molecule has 1 N–H and O–H groups in total. The molecule has 18 heteroatoms. The van der Waals surface area contributed by atoms with Crippen molar-refractivity contribution in [3.8, 4) is 0 Å². The van der Waals surface area contributed by atoms with Gasteiger partial charge in [-0.2, -0.15) is 61.5 Å². The third-order valence-corrected chi connectivity index (χ3v) is 3.77. The summed E-state index contributed by atoms with van der Waals surface area (Å²) in [5.41, 5.74) is 0. The number of hydrogen-bond donors (Lipinski definition) is 1. The summed E-state index contributed by atoms with van der Waals surface area (Å²) in [6.45, 7) is 0.406. The molecule has 31 heavy (non-hydrogen) atoms. The van der Waals surface area contributed by atoms with Crippen molar-refractivity contribution in [2.45, 2.75) is 67.6 Å². The highest BCUT2D eigenvalue weighted by atomic mass is 19.4. The van der Waals surface area contributed by atoms with Gasteiger partial charge in [0, 0.05) is 6.54 Å². The highest BCUT2D eigenvalue weighted by Crippen LogP contribution is 2.62. The first-order valence-corrected chi connectivity index (χ1v) is 7.64. The predicted octanol–water partition coefficient (Wildman–Crippen LogP) is 5.61. The van der Waals surface area contributed by atoms with Crippen LogP contribution in [0.25, 0.3) is 0 Å². The Morgan fingerprint density at radius 2 is 1.03 bits per heavy atom. The minimum atomic E-state index is -8.50. The number of amides is 1. The zero-order valence-electron chi connectivity index (χ0n) is 14.7. The van der Waals surface area contributed by atoms with Crippen LogP contribution in [0.5, 0.6) is 0 Å². The smallest absolute Gasteiger partial charge is 0.351 e. The zero-order valence-corrected chi connectivity index (χ0v) is 14.7. The number of hydrogen-bond acceptors (Lipinski definition) is 1. The van der Waals surface area contributed by atoms with E-state index in [9.17, 15) is 75.0 Å². The summed E-state index contributed by atoms with van der Waals surface area (Å²) in [7, 11) is 0. The van der Waals surface area contributed by atoms with E-state index >= 15 is 0 Å². The average Bonchev–Trinajstić information content (AvgIpc) is 2.60. The van der Waals surface area contributed by atoms with Crippen LogP contribution in [0.1, 0.15) is 19.8 Å². The first-order chi connectivity index (χ1) is 13.4. The summed E-state index contributed by atoms with van der Waals surface area (Å²) in [4.78, 5) is 11.0. The van der Waals surface area contributed by atoms with Gasteiger partial charge in [-0.25, -0.2) is 8.78 Å². The summed E-state index contributed by atoms with van der Waals surface area (Å²) < 4.78 is 209. The largest absolute Gasteiger partial charge is 0.392 e. The van der Waals surface area contributed by atoms with Crippen LogP contribution in [0.4, 0.5) is 70.2 Å². The minimum Gasteiger partial charge on any atom is -0.351 e. The molecule has 0 aliphatic carbocycles. The second-order valence-electron chi connectivity index (χ2n) is 5.98. The van der Waals surface area contributed by atoms with Crippen molar-refractivity contribution in [1.82, 2.24) is 5.32 Å². The van der Waals surface area contributed by atoms with Crippen molar-refractivity contribution in [3.63, 3.8) is 0 Å². The van der Waals surface area contributed by atoms with Crippen LogP contribution in [0.15, 0.2) is 0 Å². The van der Waals surface area contributed by atoms with Gasteiger partial charge >= 0.3 is 47.9 Å². The van der Waals surface area contributed by atoms with Gasteiger partial charge in [0.05, 0.1) is 0 Å². The van der Waals surface area contributed by atoms with Crippen LogP contribution < -0.4 is 5.32 Å². The third-order valence-electron chi connectivity index (χ3n) is 3.77. The lowest BCUT2D eigenvalue weighted by Crippen LogP contribution is -2.74. The maximum Gasteiger partial charge on any atom is 0.392 e. The Morgan fingerprint density at radius 1 is 0.677 bits per heavy atom. The maximum absolute atomic E-state index is 13.5. The minimum absolute atomic E-state index is 0.0795. The van der Waals surface area contributed by atoms with E-state index in [2.05, 4.69) is 0 Å². The number of carbonyl (C=O) groups is 1. The number of alkyl halides is 16. The van der Waals surface area contributed by atoms with E-state index in [4.69, 9.17) is 0 Å². The number of rotatable bonds is 11. The van der Waals surface area contributed by atoms with Crippen molar-refractivity contribution >= 4 is 5.91 Å². The Labute approximate surface area is 161 Å². The number of nitrogens with one attached hydrogen (secondary N) is 1. The molecule has 0 saturated carbocycles. The lowest BCUT2D eigenvalue weighted by Gasteiger charge is -2.42. The lowest BCUT2D eigenvalue weighted by atomic mass is 9.89. The molecule has 0 aromatic rings. The number of unbranched alkanes of at least 4 members (excludes halogenated alkanes) is 1. The normalized spacial score (nSPS) is 15.4. The van der Waals surface area contributed by atoms with Crippen molar-refractivity contribution < 1.29 is 75.0 Å². The van der Waals surface area contributed by atoms with Gasteiger partial charge in [0.1, 0.15) is 0 Å². The van der Waals surface area contributed by atoms with Gasteiger partial charge < -0.3 is 5.32 Å². The van der Waals surface area contributed by atoms with E-state index in [1.807, 2.05) is 0 Å². The van der Waals surface area contributed by atoms with Gasteiger partial charge in [-0.05, 0) is 6.42 Å². The topological polar surface area (TPSA) is 29.1 Å². The van der Waals surface area contributed by atoms with Gasteiger partial charge in [0.15, 0.2) is 0 Å². The van der Waals surface area contributed by atoms with E-state index in [1.165, 1.54) is 6.92 Å². The molecule has 0 aliphatic heterocycles. The molecule has 0 rings (SSSR count). The molecule has 0 radical (unpaired) electrons. The van der Waals surface area contributed by atoms with E-state index in [-0.39, 0.29) is 12.8 Å². The molecule has 0 atom stereocenters. The molecular formula is C13H11F16NO. The Hall–Kier alpha value is -1.65. The van der Waals surface area contributed by atoms with Gasteiger partial charge in [0.25, 0.3) is 5.91 Å².